The molecule has 20 heavy (non-hydrogen) atoms. The molecule has 0 aliphatic rings. The molecule has 1 heterocycles. The second kappa shape index (κ2) is 6.86. The van der Waals surface area contributed by atoms with Crippen LogP contribution in [0.5, 0.6) is 0 Å². The fourth-order valence-electron chi connectivity index (χ4n) is 1.75. The summed E-state index contributed by atoms with van der Waals surface area (Å²) >= 11 is 1.54. The number of amides is 2. The second-order valence-corrected chi connectivity index (χ2v) is 5.40. The van der Waals surface area contributed by atoms with Crippen LogP contribution < -0.4 is 10.6 Å². The van der Waals surface area contributed by atoms with Crippen molar-refractivity contribution in [1.82, 2.24) is 10.6 Å². The van der Waals surface area contributed by atoms with E-state index in [-0.39, 0.29) is 6.04 Å². The van der Waals surface area contributed by atoms with E-state index in [0.29, 0.717) is 6.54 Å². The molecule has 104 valence electrons. The van der Waals surface area contributed by atoms with Gasteiger partial charge in [0.25, 0.3) is 0 Å². The highest BCUT2D eigenvalue weighted by molar-refractivity contribution is 7.09. The average molecular weight is 288 g/mol. The van der Waals surface area contributed by atoms with Gasteiger partial charge in [0.15, 0.2) is 0 Å². The Labute approximate surface area is 121 Å². The van der Waals surface area contributed by atoms with Crippen molar-refractivity contribution < 1.29 is 9.59 Å². The summed E-state index contributed by atoms with van der Waals surface area (Å²) in [5.41, 5.74) is 0.965. The van der Waals surface area contributed by atoms with Crippen LogP contribution in [0.25, 0.3) is 0 Å². The molecular formula is C15H16N2O2S. The van der Waals surface area contributed by atoms with Crippen molar-refractivity contribution in [3.05, 3.63) is 58.3 Å². The quantitative estimate of drug-likeness (QED) is 0.848. The van der Waals surface area contributed by atoms with Crippen molar-refractivity contribution in [2.75, 3.05) is 0 Å². The van der Waals surface area contributed by atoms with Crippen molar-refractivity contribution in [1.29, 1.82) is 0 Å². The van der Waals surface area contributed by atoms with Gasteiger partial charge in [0, 0.05) is 4.88 Å². The molecule has 2 N–H and O–H groups in total. The first-order valence-electron chi connectivity index (χ1n) is 6.33. The first-order valence-corrected chi connectivity index (χ1v) is 7.21. The Kier molecular flexibility index (Phi) is 4.90. The van der Waals surface area contributed by atoms with E-state index in [4.69, 9.17) is 0 Å². The molecular weight excluding hydrogens is 272 g/mol. The van der Waals surface area contributed by atoms with Gasteiger partial charge in [0.1, 0.15) is 0 Å². The van der Waals surface area contributed by atoms with Crippen LogP contribution in [0.3, 0.4) is 0 Å². The third kappa shape index (κ3) is 3.93. The predicted octanol–water partition coefficient (Wildman–Crippen LogP) is 2.24. The maximum absolute atomic E-state index is 11.8. The van der Waals surface area contributed by atoms with Crippen molar-refractivity contribution in [3.8, 4) is 0 Å². The Balaban J connectivity index is 1.83. The molecule has 0 radical (unpaired) electrons. The van der Waals surface area contributed by atoms with Crippen molar-refractivity contribution in [2.24, 2.45) is 0 Å². The van der Waals surface area contributed by atoms with Crippen LogP contribution >= 0.6 is 11.3 Å². The lowest BCUT2D eigenvalue weighted by Crippen LogP contribution is -2.40. The third-order valence-corrected chi connectivity index (χ3v) is 3.73. The molecule has 0 fully saturated rings. The normalized spacial score (nSPS) is 11.7. The van der Waals surface area contributed by atoms with E-state index in [1.54, 1.807) is 11.3 Å². The average Bonchev–Trinajstić information content (AvgIpc) is 2.98. The van der Waals surface area contributed by atoms with Crippen LogP contribution in [0.1, 0.15) is 23.4 Å². The van der Waals surface area contributed by atoms with Gasteiger partial charge in [-0.1, -0.05) is 36.4 Å². The van der Waals surface area contributed by atoms with E-state index >= 15 is 0 Å². The molecule has 4 nitrogen and oxygen atoms in total. The zero-order chi connectivity index (χ0) is 14.4. The SMILES string of the molecule is C[C@H](NC(=O)C(=O)NCc1cccs1)c1ccccc1. The number of rotatable bonds is 4. The molecule has 0 saturated heterocycles. The van der Waals surface area contributed by atoms with Gasteiger partial charge in [-0.15, -0.1) is 11.3 Å². The molecule has 0 aliphatic heterocycles. The topological polar surface area (TPSA) is 58.2 Å². The van der Waals surface area contributed by atoms with Gasteiger partial charge in [0.2, 0.25) is 0 Å². The minimum atomic E-state index is -0.613. The van der Waals surface area contributed by atoms with E-state index in [2.05, 4.69) is 10.6 Å². The second-order valence-electron chi connectivity index (χ2n) is 4.37. The fourth-order valence-corrected chi connectivity index (χ4v) is 2.39. The number of thiophene rings is 1. The van der Waals surface area contributed by atoms with Crippen molar-refractivity contribution in [3.63, 3.8) is 0 Å². The van der Waals surface area contributed by atoms with Crippen LogP contribution in [-0.4, -0.2) is 11.8 Å². The fraction of sp³-hybridized carbons (Fsp3) is 0.200. The Morgan fingerprint density at radius 3 is 2.50 bits per heavy atom. The number of carbonyl (C=O) groups is 2. The number of hydrogen-bond acceptors (Lipinski definition) is 3. The molecule has 1 aromatic heterocycles. The predicted molar refractivity (Wildman–Crippen MR) is 79.2 cm³/mol. The van der Waals surface area contributed by atoms with Gasteiger partial charge in [-0.3, -0.25) is 9.59 Å². The molecule has 0 bridgehead atoms. The summed E-state index contributed by atoms with van der Waals surface area (Å²) in [6, 6.07) is 13.1. The van der Waals surface area contributed by atoms with Crippen LogP contribution in [0.2, 0.25) is 0 Å². The first kappa shape index (κ1) is 14.3. The first-order chi connectivity index (χ1) is 9.66. The summed E-state index contributed by atoms with van der Waals surface area (Å²) in [7, 11) is 0. The minimum Gasteiger partial charge on any atom is -0.343 e. The Bertz CT molecular complexity index is 567. The number of hydrogen-bond donors (Lipinski definition) is 2. The summed E-state index contributed by atoms with van der Waals surface area (Å²) in [5.74, 6) is -1.22. The summed E-state index contributed by atoms with van der Waals surface area (Å²) < 4.78 is 0. The lowest BCUT2D eigenvalue weighted by Gasteiger charge is -2.13. The summed E-state index contributed by atoms with van der Waals surface area (Å²) in [4.78, 5) is 24.5. The highest BCUT2D eigenvalue weighted by Crippen LogP contribution is 2.11. The molecule has 5 heteroatoms. The Hall–Kier alpha value is -2.14. The van der Waals surface area contributed by atoms with Crippen molar-refractivity contribution in [2.45, 2.75) is 19.5 Å². The van der Waals surface area contributed by atoms with E-state index in [9.17, 15) is 9.59 Å². The summed E-state index contributed by atoms with van der Waals surface area (Å²) in [6.45, 7) is 2.23. The number of benzene rings is 1. The zero-order valence-corrected chi connectivity index (χ0v) is 11.9. The van der Waals surface area contributed by atoms with E-state index in [0.717, 1.165) is 10.4 Å². The molecule has 1 atom stereocenters. The molecule has 0 aliphatic carbocycles. The molecule has 2 rings (SSSR count). The summed E-state index contributed by atoms with van der Waals surface area (Å²) in [5, 5.41) is 7.21. The molecule has 2 amide bonds. The van der Waals surface area contributed by atoms with E-state index in [1.807, 2.05) is 54.8 Å². The lowest BCUT2D eigenvalue weighted by molar-refractivity contribution is -0.139. The monoisotopic (exact) mass is 288 g/mol. The molecule has 2 aromatic rings. The Morgan fingerprint density at radius 2 is 1.85 bits per heavy atom. The van der Waals surface area contributed by atoms with Crippen LogP contribution in [0, 0.1) is 0 Å². The van der Waals surface area contributed by atoms with E-state index in [1.165, 1.54) is 0 Å². The maximum atomic E-state index is 11.8. The van der Waals surface area contributed by atoms with Gasteiger partial charge < -0.3 is 10.6 Å². The van der Waals surface area contributed by atoms with Crippen LogP contribution in [-0.2, 0) is 16.1 Å². The Morgan fingerprint density at radius 1 is 1.10 bits per heavy atom. The van der Waals surface area contributed by atoms with Gasteiger partial charge in [-0.25, -0.2) is 0 Å². The van der Waals surface area contributed by atoms with E-state index < -0.39 is 11.8 Å². The van der Waals surface area contributed by atoms with Crippen LogP contribution in [0.15, 0.2) is 47.8 Å². The molecule has 0 spiro atoms. The molecule has 1 aromatic carbocycles. The third-order valence-electron chi connectivity index (χ3n) is 2.86. The lowest BCUT2D eigenvalue weighted by atomic mass is 10.1. The van der Waals surface area contributed by atoms with Gasteiger partial charge in [0.05, 0.1) is 12.6 Å². The smallest absolute Gasteiger partial charge is 0.309 e. The van der Waals surface area contributed by atoms with Crippen molar-refractivity contribution >= 4 is 23.2 Å². The van der Waals surface area contributed by atoms with Crippen LogP contribution in [0.4, 0.5) is 0 Å². The van der Waals surface area contributed by atoms with Gasteiger partial charge in [-0.05, 0) is 23.9 Å². The maximum Gasteiger partial charge on any atom is 0.309 e. The largest absolute Gasteiger partial charge is 0.343 e. The standard InChI is InChI=1S/C15H16N2O2S/c1-11(12-6-3-2-4-7-12)17-15(19)14(18)16-10-13-8-5-9-20-13/h2-9,11H,10H2,1H3,(H,16,18)(H,17,19)/t11-/m0/s1. The number of nitrogens with one attached hydrogen (secondary N) is 2. The zero-order valence-electron chi connectivity index (χ0n) is 11.1. The summed E-state index contributed by atoms with van der Waals surface area (Å²) in [6.07, 6.45) is 0. The van der Waals surface area contributed by atoms with Gasteiger partial charge in [-0.2, -0.15) is 0 Å². The number of carbonyl (C=O) groups excluding carboxylic acids is 2. The molecule has 0 unspecified atom stereocenters. The highest BCUT2D eigenvalue weighted by atomic mass is 32.1. The minimum absolute atomic E-state index is 0.198. The van der Waals surface area contributed by atoms with Gasteiger partial charge >= 0.3 is 11.8 Å². The molecule has 0 saturated carbocycles. The highest BCUT2D eigenvalue weighted by Gasteiger charge is 2.16.